The van der Waals surface area contributed by atoms with E-state index in [0.717, 1.165) is 36.1 Å². The van der Waals surface area contributed by atoms with E-state index in [4.69, 9.17) is 5.73 Å². The Morgan fingerprint density at radius 2 is 2.19 bits per heavy atom. The highest BCUT2D eigenvalue weighted by atomic mass is 15.3. The van der Waals surface area contributed by atoms with Gasteiger partial charge in [-0.2, -0.15) is 5.10 Å². The number of aryl methyl sites for hydroxylation is 1. The van der Waals surface area contributed by atoms with E-state index in [2.05, 4.69) is 24.1 Å². The van der Waals surface area contributed by atoms with Crippen LogP contribution >= 0.6 is 0 Å². The summed E-state index contributed by atoms with van der Waals surface area (Å²) >= 11 is 0. The van der Waals surface area contributed by atoms with Gasteiger partial charge in [0, 0.05) is 17.6 Å². The molecule has 1 heterocycles. The Hall–Kier alpha value is -1.55. The molecule has 16 heavy (non-hydrogen) atoms. The Kier molecular flexibility index (Phi) is 3.10. The molecule has 0 aliphatic heterocycles. The number of hydrogen-bond donors (Lipinski definition) is 1. The fourth-order valence-electron chi connectivity index (χ4n) is 1.80. The first-order chi connectivity index (χ1) is 7.66. The molecule has 86 valence electrons. The lowest BCUT2D eigenvalue weighted by atomic mass is 10.2. The molecule has 2 aromatic rings. The molecule has 1 aromatic heterocycles. The Labute approximate surface area is 95.6 Å². The fourth-order valence-corrected chi connectivity index (χ4v) is 1.80. The topological polar surface area (TPSA) is 47.1 Å². The SMILES string of the molecule is CN(C)CCCn1ncc2ccc(N)cc21. The monoisotopic (exact) mass is 218 g/mol. The minimum Gasteiger partial charge on any atom is -0.399 e. The first-order valence-corrected chi connectivity index (χ1v) is 5.52. The van der Waals surface area contributed by atoms with Crippen molar-refractivity contribution in [1.82, 2.24) is 14.7 Å². The molecule has 0 fully saturated rings. The van der Waals surface area contributed by atoms with E-state index in [0.29, 0.717) is 0 Å². The van der Waals surface area contributed by atoms with E-state index < -0.39 is 0 Å². The molecular formula is C12H18N4. The van der Waals surface area contributed by atoms with E-state index in [1.54, 1.807) is 0 Å². The van der Waals surface area contributed by atoms with Gasteiger partial charge in [0.15, 0.2) is 0 Å². The predicted octanol–water partition coefficient (Wildman–Crippen LogP) is 1.57. The molecule has 0 aliphatic rings. The molecule has 4 nitrogen and oxygen atoms in total. The average Bonchev–Trinajstić information content (AvgIpc) is 2.60. The standard InChI is InChI=1S/C12H18N4/c1-15(2)6-3-7-16-12-8-11(13)5-4-10(12)9-14-16/h4-5,8-9H,3,6-7,13H2,1-2H3. The van der Waals surface area contributed by atoms with Crippen LogP contribution in [0.3, 0.4) is 0 Å². The lowest BCUT2D eigenvalue weighted by Crippen LogP contribution is -2.15. The summed E-state index contributed by atoms with van der Waals surface area (Å²) in [6.07, 6.45) is 2.99. The zero-order valence-corrected chi connectivity index (χ0v) is 9.85. The number of aromatic nitrogens is 2. The van der Waals surface area contributed by atoms with Crippen LogP contribution in [0.1, 0.15) is 6.42 Å². The number of hydrogen-bond acceptors (Lipinski definition) is 3. The molecule has 0 atom stereocenters. The van der Waals surface area contributed by atoms with Crippen molar-refractivity contribution in [3.05, 3.63) is 24.4 Å². The largest absolute Gasteiger partial charge is 0.399 e. The van der Waals surface area contributed by atoms with Crippen LogP contribution in [0.25, 0.3) is 10.9 Å². The smallest absolute Gasteiger partial charge is 0.0702 e. The molecule has 0 spiro atoms. The Morgan fingerprint density at radius 1 is 1.38 bits per heavy atom. The van der Waals surface area contributed by atoms with Crippen molar-refractivity contribution in [1.29, 1.82) is 0 Å². The summed E-state index contributed by atoms with van der Waals surface area (Å²) < 4.78 is 2.02. The van der Waals surface area contributed by atoms with Crippen molar-refractivity contribution >= 4 is 16.6 Å². The van der Waals surface area contributed by atoms with Crippen LogP contribution < -0.4 is 5.73 Å². The highest BCUT2D eigenvalue weighted by molar-refractivity contribution is 5.81. The first-order valence-electron chi connectivity index (χ1n) is 5.52. The van der Waals surface area contributed by atoms with Gasteiger partial charge in [0.2, 0.25) is 0 Å². The van der Waals surface area contributed by atoms with Crippen molar-refractivity contribution < 1.29 is 0 Å². The zero-order valence-electron chi connectivity index (χ0n) is 9.85. The van der Waals surface area contributed by atoms with Gasteiger partial charge in [0.05, 0.1) is 11.7 Å². The summed E-state index contributed by atoms with van der Waals surface area (Å²) in [5.74, 6) is 0. The number of rotatable bonds is 4. The van der Waals surface area contributed by atoms with Crippen molar-refractivity contribution in [2.75, 3.05) is 26.4 Å². The second-order valence-electron chi connectivity index (χ2n) is 4.34. The maximum Gasteiger partial charge on any atom is 0.0702 e. The highest BCUT2D eigenvalue weighted by Gasteiger charge is 2.02. The minimum atomic E-state index is 0.793. The van der Waals surface area contributed by atoms with Crippen LogP contribution in [0.2, 0.25) is 0 Å². The molecular weight excluding hydrogens is 200 g/mol. The average molecular weight is 218 g/mol. The second-order valence-corrected chi connectivity index (χ2v) is 4.34. The quantitative estimate of drug-likeness (QED) is 0.792. The molecule has 0 saturated carbocycles. The van der Waals surface area contributed by atoms with Crippen LogP contribution in [0.5, 0.6) is 0 Å². The van der Waals surface area contributed by atoms with Crippen LogP contribution in [0, 0.1) is 0 Å². The van der Waals surface area contributed by atoms with Gasteiger partial charge in [-0.1, -0.05) is 0 Å². The summed E-state index contributed by atoms with van der Waals surface area (Å²) in [7, 11) is 4.17. The van der Waals surface area contributed by atoms with Crippen molar-refractivity contribution in [2.45, 2.75) is 13.0 Å². The lowest BCUT2D eigenvalue weighted by molar-refractivity contribution is 0.382. The molecule has 4 heteroatoms. The Bertz CT molecular complexity index is 473. The van der Waals surface area contributed by atoms with Crippen LogP contribution in [-0.4, -0.2) is 35.3 Å². The molecule has 0 unspecified atom stereocenters. The van der Waals surface area contributed by atoms with E-state index >= 15 is 0 Å². The third kappa shape index (κ3) is 2.33. The number of benzene rings is 1. The lowest BCUT2D eigenvalue weighted by Gasteiger charge is -2.09. The number of nitrogens with zero attached hydrogens (tertiary/aromatic N) is 3. The predicted molar refractivity (Wildman–Crippen MR) is 67.3 cm³/mol. The Balaban J connectivity index is 2.15. The van der Waals surface area contributed by atoms with Crippen molar-refractivity contribution in [3.63, 3.8) is 0 Å². The minimum absolute atomic E-state index is 0.793. The number of nitrogens with two attached hydrogens (primary N) is 1. The van der Waals surface area contributed by atoms with E-state index in [-0.39, 0.29) is 0 Å². The van der Waals surface area contributed by atoms with Gasteiger partial charge >= 0.3 is 0 Å². The summed E-state index contributed by atoms with van der Waals surface area (Å²) in [6.45, 7) is 2.01. The highest BCUT2D eigenvalue weighted by Crippen LogP contribution is 2.17. The van der Waals surface area contributed by atoms with Gasteiger partial charge in [0.1, 0.15) is 0 Å². The van der Waals surface area contributed by atoms with E-state index in [9.17, 15) is 0 Å². The molecule has 0 bridgehead atoms. The fraction of sp³-hybridized carbons (Fsp3) is 0.417. The molecule has 1 aromatic carbocycles. The number of fused-ring (bicyclic) bond motifs is 1. The number of anilines is 1. The van der Waals surface area contributed by atoms with Gasteiger partial charge < -0.3 is 10.6 Å². The summed E-state index contributed by atoms with van der Waals surface area (Å²) in [6, 6.07) is 5.91. The maximum atomic E-state index is 5.78. The van der Waals surface area contributed by atoms with Gasteiger partial charge in [-0.05, 0) is 45.3 Å². The summed E-state index contributed by atoms with van der Waals surface area (Å²) in [5, 5.41) is 5.53. The van der Waals surface area contributed by atoms with Crippen LogP contribution in [0.4, 0.5) is 5.69 Å². The number of nitrogen functional groups attached to an aromatic ring is 1. The van der Waals surface area contributed by atoms with Gasteiger partial charge in [-0.25, -0.2) is 0 Å². The zero-order chi connectivity index (χ0) is 11.5. The van der Waals surface area contributed by atoms with Gasteiger partial charge in [-0.15, -0.1) is 0 Å². The summed E-state index contributed by atoms with van der Waals surface area (Å²) in [5.41, 5.74) is 7.70. The molecule has 0 saturated heterocycles. The van der Waals surface area contributed by atoms with Crippen LogP contribution in [0.15, 0.2) is 24.4 Å². The van der Waals surface area contributed by atoms with E-state index in [1.165, 1.54) is 0 Å². The third-order valence-electron chi connectivity index (χ3n) is 2.64. The van der Waals surface area contributed by atoms with Crippen LogP contribution in [-0.2, 0) is 6.54 Å². The Morgan fingerprint density at radius 3 is 2.94 bits per heavy atom. The van der Waals surface area contributed by atoms with E-state index in [1.807, 2.05) is 29.1 Å². The van der Waals surface area contributed by atoms with Crippen molar-refractivity contribution in [3.8, 4) is 0 Å². The van der Waals surface area contributed by atoms with Gasteiger partial charge in [0.25, 0.3) is 0 Å². The van der Waals surface area contributed by atoms with Gasteiger partial charge in [-0.3, -0.25) is 4.68 Å². The second kappa shape index (κ2) is 4.53. The summed E-state index contributed by atoms with van der Waals surface area (Å²) in [4.78, 5) is 2.18. The first kappa shape index (κ1) is 11.0. The normalized spacial score (nSPS) is 11.4. The molecule has 0 radical (unpaired) electrons. The molecule has 0 amide bonds. The maximum absolute atomic E-state index is 5.78. The third-order valence-corrected chi connectivity index (χ3v) is 2.64. The molecule has 2 rings (SSSR count). The molecule has 0 aliphatic carbocycles. The van der Waals surface area contributed by atoms with Crippen molar-refractivity contribution in [2.24, 2.45) is 0 Å². The molecule has 2 N–H and O–H groups in total.